The number of hydrogen-bond acceptors (Lipinski definition) is 9. The summed E-state index contributed by atoms with van der Waals surface area (Å²) < 4.78 is 21.1. The molecule has 2 aliphatic rings. The minimum Gasteiger partial charge on any atom is -0.414 e. The first-order chi connectivity index (χ1) is 14.9. The van der Waals surface area contributed by atoms with Crippen LogP contribution in [0.2, 0.25) is 18.1 Å². The Balaban J connectivity index is 1.59. The van der Waals surface area contributed by atoms with Gasteiger partial charge in [-0.25, -0.2) is 9.78 Å². The number of aromatic nitrogens is 4. The molecule has 0 saturated carbocycles. The first-order valence-electron chi connectivity index (χ1n) is 10.5. The predicted molar refractivity (Wildman–Crippen MR) is 138 cm³/mol. The summed E-state index contributed by atoms with van der Waals surface area (Å²) in [5.41, 5.74) is -0.586. The highest BCUT2D eigenvalue weighted by Crippen LogP contribution is 2.87. The summed E-state index contributed by atoms with van der Waals surface area (Å²) in [6, 6.07) is 0. The molecular formula is C18H30N4O5PS3Si+. The largest absolute Gasteiger partial charge is 0.414 e. The molecule has 2 saturated heterocycles. The molecule has 0 aromatic carbocycles. The highest BCUT2D eigenvalue weighted by molar-refractivity contribution is 9.15. The molecule has 0 amide bonds. The van der Waals surface area contributed by atoms with Crippen LogP contribution < -0.4 is 11.2 Å². The van der Waals surface area contributed by atoms with Gasteiger partial charge in [0.1, 0.15) is 24.1 Å². The first kappa shape index (κ1) is 24.8. The number of fused-ring (bicyclic) bond motifs is 1. The van der Waals surface area contributed by atoms with E-state index in [2.05, 4.69) is 48.8 Å². The van der Waals surface area contributed by atoms with Gasteiger partial charge in [0.25, 0.3) is 5.56 Å². The molecule has 32 heavy (non-hydrogen) atoms. The predicted octanol–water partition coefficient (Wildman–Crippen LogP) is 4.19. The number of ether oxygens (including phenoxy) is 1. The van der Waals surface area contributed by atoms with Crippen LogP contribution in [0.3, 0.4) is 0 Å². The monoisotopic (exact) mass is 537 g/mol. The fourth-order valence-electron chi connectivity index (χ4n) is 3.38. The summed E-state index contributed by atoms with van der Waals surface area (Å²) in [5, 5.41) is -1.82. The van der Waals surface area contributed by atoms with E-state index in [9.17, 15) is 9.59 Å². The Labute approximate surface area is 201 Å². The Bertz CT molecular complexity index is 1090. The average molecular weight is 538 g/mol. The van der Waals surface area contributed by atoms with Gasteiger partial charge in [-0.15, -0.1) is 0 Å². The van der Waals surface area contributed by atoms with Crippen molar-refractivity contribution >= 4 is 59.6 Å². The maximum Gasteiger partial charge on any atom is 0.327 e. The maximum absolute atomic E-state index is 12.1. The number of nitrogens with one attached hydrogen (secondary N) is 2. The number of rotatable bonds is 6. The molecule has 2 fully saturated rings. The molecule has 0 radical (unpaired) electrons. The molecule has 178 valence electrons. The summed E-state index contributed by atoms with van der Waals surface area (Å²) in [6.45, 7) is 11.5. The van der Waals surface area contributed by atoms with Crippen LogP contribution in [-0.2, 0) is 13.7 Å². The summed E-state index contributed by atoms with van der Waals surface area (Å²) in [7, 11) is -1.98. The summed E-state index contributed by atoms with van der Waals surface area (Å²) in [4.78, 5) is 33.0. The Kier molecular flexibility index (Phi) is 7.04. The van der Waals surface area contributed by atoms with E-state index in [0.29, 0.717) is 18.7 Å². The van der Waals surface area contributed by atoms with Gasteiger partial charge < -0.3 is 9.16 Å². The van der Waals surface area contributed by atoms with E-state index < -0.39 is 30.9 Å². The van der Waals surface area contributed by atoms with Crippen LogP contribution >= 0.6 is 40.1 Å². The molecule has 0 spiro atoms. The van der Waals surface area contributed by atoms with E-state index in [1.54, 1.807) is 27.3 Å². The topological polar surface area (TPSA) is 111 Å². The van der Waals surface area contributed by atoms with Gasteiger partial charge in [0, 0.05) is 17.9 Å². The lowest BCUT2D eigenvalue weighted by Gasteiger charge is -2.37. The van der Waals surface area contributed by atoms with Crippen molar-refractivity contribution in [1.82, 2.24) is 19.5 Å². The normalized spacial score (nSPS) is 26.2. The lowest BCUT2D eigenvalue weighted by atomic mass is 10.2. The van der Waals surface area contributed by atoms with E-state index >= 15 is 0 Å². The fraction of sp³-hybridized carbons (Fsp3) is 0.722. The SMILES string of the molecule is CC(C)(C)[Si](C)(C)OC[C@H]1O[C@@H](n2cnc3c(=O)[nH]c(=O)[nH]c32)C[C@@H]1O[P+]1(S)SCCS1. The van der Waals surface area contributed by atoms with Crippen molar-refractivity contribution in [2.75, 3.05) is 18.1 Å². The Morgan fingerprint density at radius 1 is 1.31 bits per heavy atom. The van der Waals surface area contributed by atoms with Crippen molar-refractivity contribution in [2.45, 2.75) is 63.8 Å². The van der Waals surface area contributed by atoms with Crippen LogP contribution in [-0.4, -0.2) is 58.2 Å². The number of H-pyrrole nitrogens is 2. The van der Waals surface area contributed by atoms with Crippen LogP contribution in [0.15, 0.2) is 15.9 Å². The zero-order valence-corrected chi connectivity index (χ0v) is 23.2. The molecule has 4 rings (SSSR count). The number of thiol groups is 1. The van der Waals surface area contributed by atoms with Crippen LogP contribution in [0.4, 0.5) is 0 Å². The van der Waals surface area contributed by atoms with Gasteiger partial charge in [0.2, 0.25) is 0 Å². The Hall–Kier alpha value is -0.273. The molecular weight excluding hydrogens is 507 g/mol. The van der Waals surface area contributed by atoms with Gasteiger partial charge in [0.05, 0.1) is 47.9 Å². The third kappa shape index (κ3) is 5.05. The van der Waals surface area contributed by atoms with E-state index in [4.69, 9.17) is 25.9 Å². The quantitative estimate of drug-likeness (QED) is 0.286. The zero-order chi connectivity index (χ0) is 23.3. The van der Waals surface area contributed by atoms with Crippen molar-refractivity contribution in [3.05, 3.63) is 27.2 Å². The van der Waals surface area contributed by atoms with E-state index in [0.717, 1.165) is 11.5 Å². The molecule has 0 unspecified atom stereocenters. The third-order valence-corrected chi connectivity index (χ3v) is 20.8. The number of imidazole rings is 1. The van der Waals surface area contributed by atoms with Crippen molar-refractivity contribution in [1.29, 1.82) is 0 Å². The second-order valence-electron chi connectivity index (χ2n) is 9.47. The molecule has 9 nitrogen and oxygen atoms in total. The number of aromatic amines is 2. The standard InChI is InChI=1S/C18H29N4O5PS3Si/c1-18(2,3)32(4,5)25-9-12-11(27-28(29)30-6-7-31-28)8-13(26-12)22-10-19-14-15(22)20-17(24)21-16(14)23/h10-13,29H,6-9H2,1-5H3,(H-,20,21,23,24)/p+1/t11-,12+,13+/m0/s1. The second kappa shape index (κ2) is 9.07. The van der Waals surface area contributed by atoms with Gasteiger partial charge in [-0.3, -0.25) is 19.3 Å². The first-order valence-corrected chi connectivity index (χ1v) is 19.4. The van der Waals surface area contributed by atoms with Crippen LogP contribution in [0.1, 0.15) is 33.4 Å². The van der Waals surface area contributed by atoms with Crippen molar-refractivity contribution in [2.24, 2.45) is 0 Å². The van der Waals surface area contributed by atoms with Gasteiger partial charge >= 0.3 is 10.8 Å². The van der Waals surface area contributed by atoms with Gasteiger partial charge in [0.15, 0.2) is 13.8 Å². The molecule has 2 N–H and O–H groups in total. The Morgan fingerprint density at radius 3 is 2.66 bits per heavy atom. The minimum absolute atomic E-state index is 0.0807. The van der Waals surface area contributed by atoms with Gasteiger partial charge in [-0.05, 0) is 18.1 Å². The lowest BCUT2D eigenvalue weighted by molar-refractivity contribution is -0.0348. The van der Waals surface area contributed by atoms with Crippen LogP contribution in [0, 0.1) is 0 Å². The number of hydrogen-bond donors (Lipinski definition) is 3. The molecule has 2 aromatic rings. The van der Waals surface area contributed by atoms with Crippen LogP contribution in [0.5, 0.6) is 0 Å². The second-order valence-corrected chi connectivity index (χ2v) is 25.4. The van der Waals surface area contributed by atoms with Crippen molar-refractivity contribution < 1.29 is 13.7 Å². The number of nitrogens with zero attached hydrogens (tertiary/aromatic N) is 2. The van der Waals surface area contributed by atoms with Crippen molar-refractivity contribution in [3.8, 4) is 0 Å². The molecule has 3 atom stereocenters. The Morgan fingerprint density at radius 2 is 2.00 bits per heavy atom. The smallest absolute Gasteiger partial charge is 0.327 e. The highest BCUT2D eigenvalue weighted by Gasteiger charge is 2.52. The van der Waals surface area contributed by atoms with E-state index in [1.165, 1.54) is 6.33 Å². The summed E-state index contributed by atoms with van der Waals surface area (Å²) in [6.07, 6.45) is 1.15. The fourth-order valence-corrected chi connectivity index (χ4v) is 14.0. The van der Waals surface area contributed by atoms with Gasteiger partial charge in [-0.2, -0.15) is 4.52 Å². The molecule has 0 aliphatic carbocycles. The molecule has 4 heterocycles. The van der Waals surface area contributed by atoms with Crippen molar-refractivity contribution in [3.63, 3.8) is 0 Å². The molecule has 0 bridgehead atoms. The van der Waals surface area contributed by atoms with Gasteiger partial charge in [-0.1, -0.05) is 20.8 Å². The lowest BCUT2D eigenvalue weighted by Crippen LogP contribution is -2.44. The third-order valence-electron chi connectivity index (χ3n) is 6.23. The van der Waals surface area contributed by atoms with E-state index in [-0.39, 0.29) is 22.8 Å². The van der Waals surface area contributed by atoms with E-state index in [1.807, 2.05) is 0 Å². The minimum atomic E-state index is -1.98. The summed E-state index contributed by atoms with van der Waals surface area (Å²) >= 11 is 8.44. The zero-order valence-electron chi connectivity index (χ0n) is 18.8. The highest BCUT2D eigenvalue weighted by atomic mass is 33.4. The van der Waals surface area contributed by atoms with Crippen LogP contribution in [0.25, 0.3) is 11.2 Å². The molecule has 2 aromatic heterocycles. The average Bonchev–Trinajstić information content (AvgIpc) is 3.38. The summed E-state index contributed by atoms with van der Waals surface area (Å²) in [5.74, 6) is 2.06. The maximum atomic E-state index is 12.1. The molecule has 2 aliphatic heterocycles. The molecule has 14 heteroatoms.